The normalized spacial score (nSPS) is 21.9. The second-order valence-corrected chi connectivity index (χ2v) is 3.79. The number of hydrogen-bond acceptors (Lipinski definition) is 2. The van der Waals surface area contributed by atoms with Crippen LogP contribution >= 0.6 is 0 Å². The number of rotatable bonds is 5. The van der Waals surface area contributed by atoms with Gasteiger partial charge in [-0.25, -0.2) is 0 Å². The molecule has 2 nitrogen and oxygen atoms in total. The minimum atomic E-state index is 0.279. The van der Waals surface area contributed by atoms with Crippen molar-refractivity contribution >= 4 is 0 Å². The molecule has 2 rings (SSSR count). The van der Waals surface area contributed by atoms with E-state index in [0.29, 0.717) is 6.10 Å². The van der Waals surface area contributed by atoms with Crippen LogP contribution in [0.15, 0.2) is 30.3 Å². The summed E-state index contributed by atoms with van der Waals surface area (Å²) in [7, 11) is 0. The zero-order valence-electron chi connectivity index (χ0n) is 8.48. The van der Waals surface area contributed by atoms with Gasteiger partial charge in [0.05, 0.1) is 19.3 Å². The molecule has 0 aromatic heterocycles. The number of ether oxygens (including phenoxy) is 2. The maximum atomic E-state index is 5.64. The van der Waals surface area contributed by atoms with Crippen LogP contribution in [0.5, 0.6) is 0 Å². The highest BCUT2D eigenvalue weighted by Gasteiger charge is 2.23. The molecule has 1 aromatic carbocycles. The Morgan fingerprint density at radius 3 is 2.79 bits per heavy atom. The Kier molecular flexibility index (Phi) is 3.17. The standard InChI is InChI=1S/C12H16O2/c1-10(13-8-12-9-14-12)7-11-5-3-2-4-6-11/h2-6,10,12H,7-9H2,1H3. The molecule has 0 aliphatic carbocycles. The molecule has 76 valence electrons. The predicted molar refractivity (Wildman–Crippen MR) is 55.3 cm³/mol. The van der Waals surface area contributed by atoms with Crippen molar-refractivity contribution < 1.29 is 9.47 Å². The highest BCUT2D eigenvalue weighted by atomic mass is 16.6. The molecule has 1 aromatic rings. The third kappa shape index (κ3) is 3.13. The summed E-state index contributed by atoms with van der Waals surface area (Å²) < 4.78 is 10.7. The van der Waals surface area contributed by atoms with Gasteiger partial charge in [-0.05, 0) is 18.9 Å². The molecule has 0 radical (unpaired) electrons. The van der Waals surface area contributed by atoms with E-state index in [2.05, 4.69) is 31.2 Å². The lowest BCUT2D eigenvalue weighted by molar-refractivity contribution is 0.0548. The van der Waals surface area contributed by atoms with E-state index in [1.807, 2.05) is 6.07 Å². The molecule has 2 heteroatoms. The Hall–Kier alpha value is -0.860. The predicted octanol–water partition coefficient (Wildman–Crippen LogP) is 2.03. The van der Waals surface area contributed by atoms with Gasteiger partial charge in [0, 0.05) is 0 Å². The molecule has 0 amide bonds. The Morgan fingerprint density at radius 1 is 1.43 bits per heavy atom. The first kappa shape index (κ1) is 9.69. The van der Waals surface area contributed by atoms with Crippen LogP contribution in [0.2, 0.25) is 0 Å². The first-order valence-electron chi connectivity index (χ1n) is 5.12. The Bertz CT molecular complexity index is 267. The van der Waals surface area contributed by atoms with Crippen LogP contribution in [0.25, 0.3) is 0 Å². The van der Waals surface area contributed by atoms with Crippen molar-refractivity contribution in [3.05, 3.63) is 35.9 Å². The van der Waals surface area contributed by atoms with Crippen molar-refractivity contribution in [2.24, 2.45) is 0 Å². The quantitative estimate of drug-likeness (QED) is 0.666. The van der Waals surface area contributed by atoms with Gasteiger partial charge in [0.2, 0.25) is 0 Å². The van der Waals surface area contributed by atoms with Gasteiger partial charge in [-0.1, -0.05) is 30.3 Å². The largest absolute Gasteiger partial charge is 0.375 e. The van der Waals surface area contributed by atoms with Crippen molar-refractivity contribution in [3.63, 3.8) is 0 Å². The molecule has 0 spiro atoms. The highest BCUT2D eigenvalue weighted by molar-refractivity contribution is 5.15. The summed E-state index contributed by atoms with van der Waals surface area (Å²) >= 11 is 0. The summed E-state index contributed by atoms with van der Waals surface area (Å²) in [6.45, 7) is 3.72. The van der Waals surface area contributed by atoms with E-state index in [9.17, 15) is 0 Å². The van der Waals surface area contributed by atoms with Crippen molar-refractivity contribution in [2.75, 3.05) is 13.2 Å². The topological polar surface area (TPSA) is 21.8 Å². The molecule has 1 aliphatic heterocycles. The summed E-state index contributed by atoms with van der Waals surface area (Å²) in [4.78, 5) is 0. The van der Waals surface area contributed by atoms with Crippen LogP contribution in [-0.4, -0.2) is 25.4 Å². The first-order valence-corrected chi connectivity index (χ1v) is 5.12. The highest BCUT2D eigenvalue weighted by Crippen LogP contribution is 2.11. The Labute approximate surface area is 84.8 Å². The third-order valence-electron chi connectivity index (χ3n) is 2.33. The van der Waals surface area contributed by atoms with Gasteiger partial charge in [0.15, 0.2) is 0 Å². The van der Waals surface area contributed by atoms with E-state index < -0.39 is 0 Å². The molecule has 0 N–H and O–H groups in total. The second kappa shape index (κ2) is 4.58. The lowest BCUT2D eigenvalue weighted by Gasteiger charge is -2.11. The lowest BCUT2D eigenvalue weighted by atomic mass is 10.1. The Morgan fingerprint density at radius 2 is 2.14 bits per heavy atom. The molecule has 0 saturated carbocycles. The van der Waals surface area contributed by atoms with Crippen LogP contribution in [0.1, 0.15) is 12.5 Å². The van der Waals surface area contributed by atoms with E-state index in [1.165, 1.54) is 5.56 Å². The van der Waals surface area contributed by atoms with E-state index in [-0.39, 0.29) is 6.10 Å². The minimum Gasteiger partial charge on any atom is -0.375 e. The van der Waals surface area contributed by atoms with Crippen LogP contribution in [-0.2, 0) is 15.9 Å². The SMILES string of the molecule is CC(Cc1ccccc1)OCC1CO1. The maximum Gasteiger partial charge on any atom is 0.104 e. The number of benzene rings is 1. The van der Waals surface area contributed by atoms with Gasteiger partial charge < -0.3 is 9.47 Å². The smallest absolute Gasteiger partial charge is 0.104 e. The van der Waals surface area contributed by atoms with Crippen molar-refractivity contribution in [3.8, 4) is 0 Å². The van der Waals surface area contributed by atoms with E-state index in [4.69, 9.17) is 9.47 Å². The van der Waals surface area contributed by atoms with Crippen LogP contribution in [0, 0.1) is 0 Å². The molecule has 0 bridgehead atoms. The maximum absolute atomic E-state index is 5.64. The molecule has 14 heavy (non-hydrogen) atoms. The number of hydrogen-bond donors (Lipinski definition) is 0. The second-order valence-electron chi connectivity index (χ2n) is 3.79. The van der Waals surface area contributed by atoms with E-state index >= 15 is 0 Å². The van der Waals surface area contributed by atoms with Gasteiger partial charge in [-0.2, -0.15) is 0 Å². The molecule has 1 fully saturated rings. The molecule has 1 saturated heterocycles. The van der Waals surface area contributed by atoms with Gasteiger partial charge >= 0.3 is 0 Å². The summed E-state index contributed by atoms with van der Waals surface area (Å²) in [5, 5.41) is 0. The van der Waals surface area contributed by atoms with Gasteiger partial charge in [-0.3, -0.25) is 0 Å². The summed E-state index contributed by atoms with van der Waals surface area (Å²) in [5.41, 5.74) is 1.33. The lowest BCUT2D eigenvalue weighted by Crippen LogP contribution is -2.15. The van der Waals surface area contributed by atoms with Crippen molar-refractivity contribution in [2.45, 2.75) is 25.6 Å². The fourth-order valence-corrected chi connectivity index (χ4v) is 1.44. The molecule has 1 heterocycles. The molecular weight excluding hydrogens is 176 g/mol. The van der Waals surface area contributed by atoms with Crippen molar-refractivity contribution in [1.82, 2.24) is 0 Å². The minimum absolute atomic E-state index is 0.279. The zero-order valence-corrected chi connectivity index (χ0v) is 8.48. The molecule has 2 atom stereocenters. The zero-order chi connectivity index (χ0) is 9.80. The monoisotopic (exact) mass is 192 g/mol. The van der Waals surface area contributed by atoms with E-state index in [1.54, 1.807) is 0 Å². The van der Waals surface area contributed by atoms with E-state index in [0.717, 1.165) is 19.6 Å². The van der Waals surface area contributed by atoms with Crippen molar-refractivity contribution in [1.29, 1.82) is 0 Å². The van der Waals surface area contributed by atoms with Crippen LogP contribution in [0.4, 0.5) is 0 Å². The molecular formula is C12H16O2. The third-order valence-corrected chi connectivity index (χ3v) is 2.33. The average molecular weight is 192 g/mol. The summed E-state index contributed by atoms with van der Waals surface area (Å²) in [6, 6.07) is 10.4. The average Bonchev–Trinajstić information content (AvgIpc) is 3.00. The number of epoxide rings is 1. The Balaban J connectivity index is 1.73. The summed E-state index contributed by atoms with van der Waals surface area (Å²) in [6.07, 6.45) is 1.63. The fourth-order valence-electron chi connectivity index (χ4n) is 1.44. The van der Waals surface area contributed by atoms with Gasteiger partial charge in [0.25, 0.3) is 0 Å². The van der Waals surface area contributed by atoms with Gasteiger partial charge in [0.1, 0.15) is 6.10 Å². The van der Waals surface area contributed by atoms with Crippen LogP contribution in [0.3, 0.4) is 0 Å². The first-order chi connectivity index (χ1) is 6.84. The van der Waals surface area contributed by atoms with Crippen LogP contribution < -0.4 is 0 Å². The summed E-state index contributed by atoms with van der Waals surface area (Å²) in [5.74, 6) is 0. The molecule has 1 aliphatic rings. The van der Waals surface area contributed by atoms with Gasteiger partial charge in [-0.15, -0.1) is 0 Å². The molecule has 2 unspecified atom stereocenters. The fraction of sp³-hybridized carbons (Fsp3) is 0.500.